The zero-order valence-electron chi connectivity index (χ0n) is 16.5. The van der Waals surface area contributed by atoms with Crippen LogP contribution in [-0.2, 0) is 6.54 Å². The van der Waals surface area contributed by atoms with Crippen molar-refractivity contribution in [3.8, 4) is 0 Å². The van der Waals surface area contributed by atoms with E-state index in [1.807, 2.05) is 16.4 Å². The molecule has 4 heterocycles. The van der Waals surface area contributed by atoms with E-state index in [4.69, 9.17) is 4.52 Å². The van der Waals surface area contributed by atoms with Crippen LogP contribution in [0.4, 0.5) is 4.39 Å². The van der Waals surface area contributed by atoms with E-state index in [1.54, 1.807) is 12.4 Å². The summed E-state index contributed by atoms with van der Waals surface area (Å²) in [6.07, 6.45) is 3.73. The van der Waals surface area contributed by atoms with Gasteiger partial charge < -0.3 is 18.9 Å². The van der Waals surface area contributed by atoms with Crippen molar-refractivity contribution >= 4 is 16.9 Å². The maximum Gasteiger partial charge on any atom is 0.272 e. The van der Waals surface area contributed by atoms with E-state index in [9.17, 15) is 9.18 Å². The summed E-state index contributed by atoms with van der Waals surface area (Å²) in [5.74, 6) is 0.106. The van der Waals surface area contributed by atoms with Crippen LogP contribution < -0.4 is 0 Å². The van der Waals surface area contributed by atoms with Gasteiger partial charge in [0.15, 0.2) is 5.58 Å². The normalized spacial score (nSPS) is 18.6. The molecule has 2 aromatic heterocycles. The lowest BCUT2D eigenvalue weighted by atomic mass is 9.91. The van der Waals surface area contributed by atoms with E-state index < -0.39 is 0 Å². The number of aromatic nitrogens is 3. The molecule has 152 valence electrons. The van der Waals surface area contributed by atoms with Crippen LogP contribution in [0.5, 0.6) is 0 Å². The average molecular weight is 397 g/mol. The summed E-state index contributed by atoms with van der Waals surface area (Å²) < 4.78 is 20.6. The lowest BCUT2D eigenvalue weighted by Crippen LogP contribution is -2.45. The molecule has 1 aromatic carbocycles. The Kier molecular flexibility index (Phi) is 4.58. The molecule has 0 radical (unpaired) electrons. The first-order valence-corrected chi connectivity index (χ1v) is 10.2. The van der Waals surface area contributed by atoms with Gasteiger partial charge in [0.25, 0.3) is 5.91 Å². The Hall–Kier alpha value is -2.74. The summed E-state index contributed by atoms with van der Waals surface area (Å²) in [7, 11) is 0. The third-order valence-electron chi connectivity index (χ3n) is 6.24. The molecule has 1 amide bonds. The minimum absolute atomic E-state index is 0.0856. The third kappa shape index (κ3) is 3.31. The first-order valence-electron chi connectivity index (χ1n) is 10.2. The van der Waals surface area contributed by atoms with Gasteiger partial charge in [-0.05, 0) is 45.0 Å². The molecule has 0 spiro atoms. The van der Waals surface area contributed by atoms with Crippen molar-refractivity contribution in [2.45, 2.75) is 32.2 Å². The molecule has 0 bridgehead atoms. The Morgan fingerprint density at radius 2 is 2.00 bits per heavy atom. The summed E-state index contributed by atoms with van der Waals surface area (Å²) in [6, 6.07) is 4.61. The summed E-state index contributed by atoms with van der Waals surface area (Å²) in [5, 5.41) is 5.13. The van der Waals surface area contributed by atoms with E-state index in [0.29, 0.717) is 11.5 Å². The quantitative estimate of drug-likeness (QED) is 0.677. The fraction of sp³-hybridized carbons (Fsp3) is 0.476. The van der Waals surface area contributed by atoms with E-state index in [1.165, 1.54) is 12.1 Å². The number of rotatable bonds is 4. The van der Waals surface area contributed by atoms with Crippen LogP contribution >= 0.6 is 0 Å². The number of piperidine rings is 1. The molecule has 29 heavy (non-hydrogen) atoms. The number of aryl methyl sites for hydroxylation is 1. The van der Waals surface area contributed by atoms with Crippen LogP contribution in [-0.4, -0.2) is 63.1 Å². The predicted octanol–water partition coefficient (Wildman–Crippen LogP) is 2.81. The highest BCUT2D eigenvalue weighted by Gasteiger charge is 2.29. The number of benzene rings is 1. The molecule has 2 aliphatic rings. The first kappa shape index (κ1) is 18.3. The Balaban J connectivity index is 1.17. The molecule has 1 saturated heterocycles. The number of nitrogens with zero attached hydrogens (tertiary/aromatic N) is 5. The Bertz CT molecular complexity index is 1050. The highest BCUT2D eigenvalue weighted by atomic mass is 19.1. The molecular weight excluding hydrogens is 373 g/mol. The van der Waals surface area contributed by atoms with Crippen molar-refractivity contribution < 1.29 is 13.7 Å². The Morgan fingerprint density at radius 1 is 1.17 bits per heavy atom. The van der Waals surface area contributed by atoms with Gasteiger partial charge in [-0.15, -0.1) is 0 Å². The number of carbonyl (C=O) groups excluding carboxylic acids is 1. The number of likely N-dealkylation sites (tertiary alicyclic amines) is 1. The van der Waals surface area contributed by atoms with Crippen molar-refractivity contribution in [3.63, 3.8) is 0 Å². The van der Waals surface area contributed by atoms with Crippen LogP contribution in [0, 0.1) is 12.7 Å². The minimum Gasteiger partial charge on any atom is -0.356 e. The summed E-state index contributed by atoms with van der Waals surface area (Å²) >= 11 is 0. The number of hydrogen-bond donors (Lipinski definition) is 0. The largest absolute Gasteiger partial charge is 0.356 e. The van der Waals surface area contributed by atoms with Crippen LogP contribution in [0.2, 0.25) is 0 Å². The van der Waals surface area contributed by atoms with Gasteiger partial charge >= 0.3 is 0 Å². The van der Waals surface area contributed by atoms with Gasteiger partial charge in [0, 0.05) is 43.5 Å². The molecule has 0 atom stereocenters. The number of hydrogen-bond acceptors (Lipinski definition) is 5. The molecule has 0 unspecified atom stereocenters. The monoisotopic (exact) mass is 397 g/mol. The average Bonchev–Trinajstić information content (AvgIpc) is 3.31. The van der Waals surface area contributed by atoms with E-state index >= 15 is 0 Å². The fourth-order valence-corrected chi connectivity index (χ4v) is 4.54. The van der Waals surface area contributed by atoms with Gasteiger partial charge in [-0.25, -0.2) is 9.37 Å². The second-order valence-electron chi connectivity index (χ2n) is 7.99. The smallest absolute Gasteiger partial charge is 0.272 e. The Labute approximate surface area is 168 Å². The topological polar surface area (TPSA) is 67.4 Å². The fourth-order valence-electron chi connectivity index (χ4n) is 4.54. The maximum absolute atomic E-state index is 13.4. The highest BCUT2D eigenvalue weighted by molar-refractivity contribution is 5.94. The van der Waals surface area contributed by atoms with Gasteiger partial charge in [-0.3, -0.25) is 4.79 Å². The second-order valence-corrected chi connectivity index (χ2v) is 7.99. The SMILES string of the molecule is Cc1ncn2c1C(=O)N(CCN1CCC(c3noc4cc(F)ccc34)CC1)CC2. The molecule has 0 aliphatic carbocycles. The van der Waals surface area contributed by atoms with Crippen molar-refractivity contribution in [3.05, 3.63) is 47.4 Å². The number of amides is 1. The molecule has 7 nitrogen and oxygen atoms in total. The van der Waals surface area contributed by atoms with E-state index in [2.05, 4.69) is 15.0 Å². The Morgan fingerprint density at radius 3 is 2.83 bits per heavy atom. The number of imidazole rings is 1. The van der Waals surface area contributed by atoms with Crippen LogP contribution in [0.25, 0.3) is 11.0 Å². The summed E-state index contributed by atoms with van der Waals surface area (Å²) in [5.41, 5.74) is 2.99. The maximum atomic E-state index is 13.4. The highest BCUT2D eigenvalue weighted by Crippen LogP contribution is 2.32. The van der Waals surface area contributed by atoms with E-state index in [0.717, 1.165) is 74.6 Å². The van der Waals surface area contributed by atoms with Crippen molar-refractivity contribution in [2.24, 2.45) is 0 Å². The third-order valence-corrected chi connectivity index (χ3v) is 6.24. The predicted molar refractivity (Wildman–Crippen MR) is 105 cm³/mol. The van der Waals surface area contributed by atoms with Crippen LogP contribution in [0.3, 0.4) is 0 Å². The van der Waals surface area contributed by atoms with E-state index in [-0.39, 0.29) is 11.7 Å². The number of fused-ring (bicyclic) bond motifs is 2. The molecule has 2 aliphatic heterocycles. The van der Waals surface area contributed by atoms with Gasteiger partial charge in [0.1, 0.15) is 11.5 Å². The zero-order valence-corrected chi connectivity index (χ0v) is 16.5. The number of halogens is 1. The van der Waals surface area contributed by atoms with Gasteiger partial charge in [0.2, 0.25) is 0 Å². The van der Waals surface area contributed by atoms with Crippen molar-refractivity contribution in [2.75, 3.05) is 32.7 Å². The van der Waals surface area contributed by atoms with Crippen LogP contribution in [0.15, 0.2) is 29.0 Å². The number of carbonyl (C=O) groups is 1. The van der Waals surface area contributed by atoms with Gasteiger partial charge in [0.05, 0.1) is 17.7 Å². The first-order chi connectivity index (χ1) is 14.1. The minimum atomic E-state index is -0.305. The lowest BCUT2D eigenvalue weighted by molar-refractivity contribution is 0.0673. The van der Waals surface area contributed by atoms with Crippen molar-refractivity contribution in [1.82, 2.24) is 24.5 Å². The molecule has 0 saturated carbocycles. The van der Waals surface area contributed by atoms with Gasteiger partial charge in [-0.2, -0.15) is 0 Å². The van der Waals surface area contributed by atoms with Crippen molar-refractivity contribution in [1.29, 1.82) is 0 Å². The molecule has 0 N–H and O–H groups in total. The molecule has 3 aromatic rings. The zero-order chi connectivity index (χ0) is 20.0. The molecule has 8 heteroatoms. The van der Waals surface area contributed by atoms with Crippen LogP contribution in [0.1, 0.15) is 40.6 Å². The van der Waals surface area contributed by atoms with Gasteiger partial charge in [-0.1, -0.05) is 5.16 Å². The molecule has 5 rings (SSSR count). The molecule has 1 fully saturated rings. The molecular formula is C21H24FN5O2. The summed E-state index contributed by atoms with van der Waals surface area (Å²) in [4.78, 5) is 21.3. The standard InChI is InChI=1S/C21H24FN5O2/c1-14-20-21(28)26(10-11-27(20)13-23-14)9-8-25-6-4-15(5-7-25)19-17-3-2-16(22)12-18(17)29-24-19/h2-3,12-13,15H,4-11H2,1H3. The second kappa shape index (κ2) is 7.26. The summed E-state index contributed by atoms with van der Waals surface area (Å²) in [6.45, 7) is 6.96. The lowest BCUT2D eigenvalue weighted by Gasteiger charge is -2.34.